The first-order valence-corrected chi connectivity index (χ1v) is 12.9. The molecular weight excluding hydrogens is 495 g/mol. The minimum absolute atomic E-state index is 0.0492. The van der Waals surface area contributed by atoms with Crippen molar-refractivity contribution in [3.63, 3.8) is 0 Å². The highest BCUT2D eigenvalue weighted by Gasteiger charge is 2.29. The SMILES string of the molecule is CC(Nc1ccccc1N)[n+]1cc[nH]c1C(Cl)CCC(Cl)c1[nH]cc[n+]1C(C)Nc1ccccc1N. The van der Waals surface area contributed by atoms with Gasteiger partial charge in [-0.15, -0.1) is 23.2 Å². The van der Waals surface area contributed by atoms with Gasteiger partial charge in [0, 0.05) is 0 Å². The van der Waals surface area contributed by atoms with Crippen molar-refractivity contribution < 1.29 is 9.13 Å². The number of aromatic nitrogens is 4. The van der Waals surface area contributed by atoms with Crippen molar-refractivity contribution in [1.82, 2.24) is 9.97 Å². The minimum Gasteiger partial charge on any atom is -0.397 e. The zero-order valence-corrected chi connectivity index (χ0v) is 22.0. The van der Waals surface area contributed by atoms with Crippen LogP contribution in [-0.2, 0) is 0 Å². The van der Waals surface area contributed by atoms with Gasteiger partial charge in [-0.3, -0.25) is 0 Å². The van der Waals surface area contributed by atoms with E-state index in [1.54, 1.807) is 0 Å². The molecule has 0 aliphatic rings. The zero-order valence-electron chi connectivity index (χ0n) is 20.5. The monoisotopic (exact) mass is 528 g/mol. The van der Waals surface area contributed by atoms with Crippen LogP contribution in [0.5, 0.6) is 0 Å². The van der Waals surface area contributed by atoms with Crippen LogP contribution in [0, 0.1) is 0 Å². The minimum atomic E-state index is -0.248. The van der Waals surface area contributed by atoms with E-state index in [1.165, 1.54) is 0 Å². The molecule has 4 atom stereocenters. The van der Waals surface area contributed by atoms with E-state index in [9.17, 15) is 0 Å². The molecule has 0 saturated heterocycles. The number of anilines is 4. The van der Waals surface area contributed by atoms with Crippen molar-refractivity contribution >= 4 is 46.0 Å². The Labute approximate surface area is 221 Å². The Hall–Kier alpha value is -3.36. The Bertz CT molecular complexity index is 1170. The van der Waals surface area contributed by atoms with Crippen LogP contribution in [0.15, 0.2) is 73.3 Å². The summed E-state index contributed by atoms with van der Waals surface area (Å²) in [6.45, 7) is 4.13. The van der Waals surface area contributed by atoms with Crippen molar-refractivity contribution in [2.45, 2.75) is 49.8 Å². The van der Waals surface area contributed by atoms with E-state index < -0.39 is 0 Å². The zero-order chi connectivity index (χ0) is 25.7. The normalized spacial score (nSPS) is 14.7. The Morgan fingerprint density at radius 3 is 1.50 bits per heavy atom. The van der Waals surface area contributed by atoms with E-state index >= 15 is 0 Å². The Morgan fingerprint density at radius 1 is 0.722 bits per heavy atom. The van der Waals surface area contributed by atoms with Crippen LogP contribution in [0.25, 0.3) is 0 Å². The summed E-state index contributed by atoms with van der Waals surface area (Å²) >= 11 is 13.7. The lowest BCUT2D eigenvalue weighted by Crippen LogP contribution is -2.45. The van der Waals surface area contributed by atoms with E-state index in [0.717, 1.165) is 23.0 Å². The molecule has 8 nitrogen and oxygen atoms in total. The molecule has 0 aliphatic carbocycles. The number of H-pyrrole nitrogens is 2. The summed E-state index contributed by atoms with van der Waals surface area (Å²) in [5, 5.41) is 6.40. The first kappa shape index (κ1) is 25.7. The number of rotatable bonds is 11. The smallest absolute Gasteiger partial charge is 0.274 e. The maximum atomic E-state index is 6.86. The van der Waals surface area contributed by atoms with Gasteiger partial charge in [-0.05, 0) is 51.0 Å². The second-order valence-electron chi connectivity index (χ2n) is 8.83. The summed E-state index contributed by atoms with van der Waals surface area (Å²) in [6.07, 6.45) is 8.99. The Morgan fingerprint density at radius 2 is 1.11 bits per heavy atom. The van der Waals surface area contributed by atoms with Crippen molar-refractivity contribution in [2.75, 3.05) is 22.1 Å². The molecule has 0 radical (unpaired) electrons. The van der Waals surface area contributed by atoms with Crippen LogP contribution in [0.3, 0.4) is 0 Å². The van der Waals surface area contributed by atoms with E-state index in [0.29, 0.717) is 24.2 Å². The molecule has 2 heterocycles. The van der Waals surface area contributed by atoms with E-state index in [-0.39, 0.29) is 23.1 Å². The second kappa shape index (κ2) is 11.6. The molecule has 0 saturated carbocycles. The van der Waals surface area contributed by atoms with E-state index in [1.807, 2.05) is 73.3 Å². The number of aromatic amines is 2. The molecule has 0 fully saturated rings. The third-order valence-electron chi connectivity index (χ3n) is 6.24. The molecule has 2 aromatic heterocycles. The van der Waals surface area contributed by atoms with Crippen LogP contribution in [-0.4, -0.2) is 9.97 Å². The van der Waals surface area contributed by atoms with E-state index in [4.69, 9.17) is 34.7 Å². The maximum absolute atomic E-state index is 6.86. The van der Waals surface area contributed by atoms with Gasteiger partial charge in [-0.1, -0.05) is 24.3 Å². The quantitative estimate of drug-likeness (QED) is 0.0889. The molecule has 0 amide bonds. The summed E-state index contributed by atoms with van der Waals surface area (Å²) < 4.78 is 4.16. The van der Waals surface area contributed by atoms with Crippen molar-refractivity contribution in [2.24, 2.45) is 0 Å². The first-order chi connectivity index (χ1) is 17.3. The fourth-order valence-corrected chi connectivity index (χ4v) is 4.91. The summed E-state index contributed by atoms with van der Waals surface area (Å²) in [5.41, 5.74) is 15.4. The van der Waals surface area contributed by atoms with Crippen molar-refractivity contribution in [3.8, 4) is 0 Å². The number of hydrogen-bond acceptors (Lipinski definition) is 4. The van der Waals surface area contributed by atoms with Gasteiger partial charge in [0.2, 0.25) is 0 Å². The average Bonchev–Trinajstić information content (AvgIpc) is 3.55. The molecular formula is C26H34Cl2N8+2. The molecule has 2 aromatic carbocycles. The molecule has 0 aliphatic heterocycles. The Kier molecular flexibility index (Phi) is 8.28. The highest BCUT2D eigenvalue weighted by molar-refractivity contribution is 6.21. The number of alkyl halides is 2. The number of hydrogen-bond donors (Lipinski definition) is 6. The fraction of sp³-hybridized carbons (Fsp3) is 0.308. The van der Waals surface area contributed by atoms with Crippen molar-refractivity contribution in [1.29, 1.82) is 0 Å². The number of nitrogens with one attached hydrogen (secondary N) is 4. The molecule has 4 unspecified atom stereocenters. The molecule has 4 aromatic rings. The van der Waals surface area contributed by atoms with Gasteiger partial charge in [0.15, 0.2) is 12.3 Å². The summed E-state index contributed by atoms with van der Waals surface area (Å²) in [5.74, 6) is 1.81. The van der Waals surface area contributed by atoms with Gasteiger partial charge >= 0.3 is 0 Å². The molecule has 0 bridgehead atoms. The first-order valence-electron chi connectivity index (χ1n) is 12.0. The molecule has 0 spiro atoms. The molecule has 36 heavy (non-hydrogen) atoms. The molecule has 8 N–H and O–H groups in total. The van der Waals surface area contributed by atoms with Gasteiger partial charge in [-0.2, -0.15) is 0 Å². The highest BCUT2D eigenvalue weighted by atomic mass is 35.5. The number of nitrogens with zero attached hydrogens (tertiary/aromatic N) is 2. The summed E-state index contributed by atoms with van der Waals surface area (Å²) in [4.78, 5) is 6.58. The number of imidazole rings is 2. The van der Waals surface area contributed by atoms with Crippen LogP contribution < -0.4 is 31.2 Å². The van der Waals surface area contributed by atoms with Crippen LogP contribution in [0.2, 0.25) is 0 Å². The van der Waals surface area contributed by atoms with Crippen LogP contribution in [0.1, 0.15) is 61.4 Å². The number of benzene rings is 2. The van der Waals surface area contributed by atoms with Crippen LogP contribution in [0.4, 0.5) is 22.7 Å². The standard InChI is InChI=1S/C26H32Cl2N8/c1-17(33-23-9-5-3-7-21(23)29)35-15-13-31-25(35)19(27)11-12-20(28)26-32-14-16-36(26)18(2)34-24-10-6-4-8-22(24)30/h3-10,13-20,33-34H,11-12,29-30H2,1-2H3/p+2. The number of halogens is 2. The van der Waals surface area contributed by atoms with Gasteiger partial charge in [0.25, 0.3) is 11.6 Å². The van der Waals surface area contributed by atoms with Gasteiger partial charge < -0.3 is 22.1 Å². The molecule has 10 heteroatoms. The van der Waals surface area contributed by atoms with Gasteiger partial charge in [0.1, 0.15) is 35.5 Å². The third-order valence-corrected chi connectivity index (χ3v) is 7.09. The van der Waals surface area contributed by atoms with Crippen LogP contribution >= 0.6 is 23.2 Å². The second-order valence-corrected chi connectivity index (χ2v) is 9.89. The summed E-state index contributed by atoms with van der Waals surface area (Å²) in [7, 11) is 0. The van der Waals surface area contributed by atoms with Gasteiger partial charge in [-0.25, -0.2) is 19.1 Å². The largest absolute Gasteiger partial charge is 0.397 e. The average molecular weight is 530 g/mol. The lowest BCUT2D eigenvalue weighted by molar-refractivity contribution is -0.720. The summed E-state index contributed by atoms with van der Waals surface area (Å²) in [6, 6.07) is 15.4. The van der Waals surface area contributed by atoms with Crippen molar-refractivity contribution in [3.05, 3.63) is 85.0 Å². The molecule has 4 rings (SSSR count). The third kappa shape index (κ3) is 5.88. The number of nitrogen functional groups attached to an aromatic ring is 2. The number of nitrogens with two attached hydrogens (primary N) is 2. The lowest BCUT2D eigenvalue weighted by atomic mass is 10.1. The predicted octanol–water partition coefficient (Wildman–Crippen LogP) is 5.38. The fourth-order valence-electron chi connectivity index (χ4n) is 4.31. The molecule has 190 valence electrons. The van der Waals surface area contributed by atoms with Gasteiger partial charge in [0.05, 0.1) is 22.7 Å². The highest BCUT2D eigenvalue weighted by Crippen LogP contribution is 2.30. The topological polar surface area (TPSA) is 115 Å². The predicted molar refractivity (Wildman–Crippen MR) is 147 cm³/mol. The lowest BCUT2D eigenvalue weighted by Gasteiger charge is -2.18. The number of para-hydroxylation sites is 4. The Balaban J connectivity index is 1.38. The van der Waals surface area contributed by atoms with E-state index in [2.05, 4.69) is 43.6 Å². The maximum Gasteiger partial charge on any atom is 0.274 e.